The molecule has 24 heavy (non-hydrogen) atoms. The van der Waals surface area contributed by atoms with E-state index < -0.39 is 0 Å². The molecule has 0 spiro atoms. The van der Waals surface area contributed by atoms with Crippen LogP contribution in [-0.2, 0) is 24.2 Å². The molecule has 2 aliphatic heterocycles. The zero-order valence-corrected chi connectivity index (χ0v) is 14.0. The molecule has 0 saturated heterocycles. The topological polar surface area (TPSA) is 74.3 Å². The van der Waals surface area contributed by atoms with Crippen LogP contribution in [0.25, 0.3) is 0 Å². The highest BCUT2D eigenvalue weighted by Crippen LogP contribution is 2.37. The fraction of sp³-hybridized carbons (Fsp3) is 0.471. The summed E-state index contributed by atoms with van der Waals surface area (Å²) in [6, 6.07) is 2.00. The first-order valence-corrected chi connectivity index (χ1v) is 8.29. The van der Waals surface area contributed by atoms with E-state index in [1.165, 1.54) is 5.56 Å². The van der Waals surface area contributed by atoms with Gasteiger partial charge in [-0.2, -0.15) is 5.10 Å². The SMILES string of the molecule is COc1cc2c(cn1)N(c1n[nH]c3c1CN(C(C)=O)CC3)CCC2. The number of methoxy groups -OCH3 is 1. The number of rotatable bonds is 2. The Bertz CT molecular complexity index is 785. The molecule has 1 N–H and O–H groups in total. The van der Waals surface area contributed by atoms with Gasteiger partial charge in [0, 0.05) is 43.8 Å². The number of pyridine rings is 1. The highest BCUT2D eigenvalue weighted by Gasteiger charge is 2.29. The van der Waals surface area contributed by atoms with Gasteiger partial charge in [0.1, 0.15) is 0 Å². The van der Waals surface area contributed by atoms with Crippen molar-refractivity contribution in [3.8, 4) is 5.88 Å². The van der Waals surface area contributed by atoms with Crippen molar-refractivity contribution < 1.29 is 9.53 Å². The lowest BCUT2D eigenvalue weighted by Gasteiger charge is -2.32. The number of nitrogens with one attached hydrogen (secondary N) is 1. The molecule has 2 aromatic rings. The van der Waals surface area contributed by atoms with Crippen LogP contribution in [0.15, 0.2) is 12.3 Å². The minimum absolute atomic E-state index is 0.109. The Morgan fingerprint density at radius 3 is 3.00 bits per heavy atom. The molecule has 7 heteroatoms. The van der Waals surface area contributed by atoms with Crippen LogP contribution in [-0.4, -0.2) is 46.2 Å². The number of hydrogen-bond donors (Lipinski definition) is 1. The molecule has 0 atom stereocenters. The number of aromatic nitrogens is 3. The molecular formula is C17H21N5O2. The molecule has 0 bridgehead atoms. The van der Waals surface area contributed by atoms with Crippen molar-refractivity contribution in [1.82, 2.24) is 20.1 Å². The number of carbonyl (C=O) groups excluding carboxylic acids is 1. The largest absolute Gasteiger partial charge is 0.481 e. The van der Waals surface area contributed by atoms with Gasteiger partial charge in [-0.15, -0.1) is 0 Å². The van der Waals surface area contributed by atoms with E-state index in [-0.39, 0.29) is 5.91 Å². The molecule has 7 nitrogen and oxygen atoms in total. The monoisotopic (exact) mass is 327 g/mol. The summed E-state index contributed by atoms with van der Waals surface area (Å²) in [6.45, 7) is 3.89. The maximum absolute atomic E-state index is 11.7. The quantitative estimate of drug-likeness (QED) is 0.910. The van der Waals surface area contributed by atoms with Gasteiger partial charge < -0.3 is 14.5 Å². The summed E-state index contributed by atoms with van der Waals surface area (Å²) in [7, 11) is 1.63. The van der Waals surface area contributed by atoms with E-state index in [1.807, 2.05) is 17.2 Å². The van der Waals surface area contributed by atoms with Gasteiger partial charge in [-0.05, 0) is 18.4 Å². The molecular weight excluding hydrogens is 306 g/mol. The van der Waals surface area contributed by atoms with Gasteiger partial charge in [0.05, 0.1) is 25.5 Å². The van der Waals surface area contributed by atoms with Crippen molar-refractivity contribution in [3.63, 3.8) is 0 Å². The highest BCUT2D eigenvalue weighted by atomic mass is 16.5. The number of carbonyl (C=O) groups is 1. The maximum Gasteiger partial charge on any atom is 0.219 e. The third-order valence-electron chi connectivity index (χ3n) is 4.88. The molecule has 0 unspecified atom stereocenters. The van der Waals surface area contributed by atoms with Crippen LogP contribution in [0.4, 0.5) is 11.5 Å². The van der Waals surface area contributed by atoms with Gasteiger partial charge in [-0.25, -0.2) is 4.98 Å². The highest BCUT2D eigenvalue weighted by molar-refractivity contribution is 5.75. The fourth-order valence-electron chi connectivity index (χ4n) is 3.56. The first-order chi connectivity index (χ1) is 11.7. The number of fused-ring (bicyclic) bond motifs is 2. The van der Waals surface area contributed by atoms with Crippen LogP contribution in [0.3, 0.4) is 0 Å². The lowest BCUT2D eigenvalue weighted by Crippen LogP contribution is -2.35. The predicted molar refractivity (Wildman–Crippen MR) is 89.5 cm³/mol. The summed E-state index contributed by atoms with van der Waals surface area (Å²) in [5, 5.41) is 7.72. The Hall–Kier alpha value is -2.57. The fourth-order valence-corrected chi connectivity index (χ4v) is 3.56. The van der Waals surface area contributed by atoms with E-state index in [0.717, 1.165) is 55.1 Å². The molecule has 126 valence electrons. The zero-order chi connectivity index (χ0) is 16.7. The molecule has 0 fully saturated rings. The number of nitrogens with zero attached hydrogens (tertiary/aromatic N) is 4. The molecule has 2 aromatic heterocycles. The van der Waals surface area contributed by atoms with Crippen LogP contribution in [0.1, 0.15) is 30.2 Å². The Labute approximate surface area is 140 Å². The molecule has 4 rings (SSSR count). The van der Waals surface area contributed by atoms with Crippen LogP contribution in [0.2, 0.25) is 0 Å². The van der Waals surface area contributed by atoms with E-state index in [2.05, 4.69) is 20.1 Å². The van der Waals surface area contributed by atoms with Crippen molar-refractivity contribution in [2.24, 2.45) is 0 Å². The second kappa shape index (κ2) is 5.81. The Kier molecular flexibility index (Phi) is 3.63. The first kappa shape index (κ1) is 15.0. The average molecular weight is 327 g/mol. The third-order valence-corrected chi connectivity index (χ3v) is 4.88. The number of H-pyrrole nitrogens is 1. The van der Waals surface area contributed by atoms with Crippen molar-refractivity contribution in [2.75, 3.05) is 25.1 Å². The van der Waals surface area contributed by atoms with Crippen LogP contribution in [0, 0.1) is 0 Å². The van der Waals surface area contributed by atoms with Crippen LogP contribution in [0.5, 0.6) is 5.88 Å². The smallest absolute Gasteiger partial charge is 0.219 e. The van der Waals surface area contributed by atoms with E-state index in [4.69, 9.17) is 4.74 Å². The molecule has 0 radical (unpaired) electrons. The average Bonchev–Trinajstić information content (AvgIpc) is 3.03. The third kappa shape index (κ3) is 2.40. The van der Waals surface area contributed by atoms with Crippen molar-refractivity contribution in [2.45, 2.75) is 32.7 Å². The van der Waals surface area contributed by atoms with Crippen LogP contribution >= 0.6 is 0 Å². The minimum atomic E-state index is 0.109. The Morgan fingerprint density at radius 2 is 2.21 bits per heavy atom. The summed E-state index contributed by atoms with van der Waals surface area (Å²) in [5.74, 6) is 1.67. The van der Waals surface area contributed by atoms with E-state index in [9.17, 15) is 4.79 Å². The summed E-state index contributed by atoms with van der Waals surface area (Å²) >= 11 is 0. The Balaban J connectivity index is 1.72. The molecule has 4 heterocycles. The van der Waals surface area contributed by atoms with Gasteiger partial charge in [0.25, 0.3) is 0 Å². The second-order valence-corrected chi connectivity index (χ2v) is 6.31. The van der Waals surface area contributed by atoms with Crippen molar-refractivity contribution in [1.29, 1.82) is 0 Å². The summed E-state index contributed by atoms with van der Waals surface area (Å²) in [4.78, 5) is 20.2. The number of ether oxygens (including phenoxy) is 1. The molecule has 0 aliphatic carbocycles. The van der Waals surface area contributed by atoms with E-state index >= 15 is 0 Å². The summed E-state index contributed by atoms with van der Waals surface area (Å²) in [6.07, 6.45) is 4.75. The summed E-state index contributed by atoms with van der Waals surface area (Å²) in [5.41, 5.74) is 4.57. The number of aryl methyl sites for hydroxylation is 1. The predicted octanol–water partition coefficient (Wildman–Crippen LogP) is 1.80. The van der Waals surface area contributed by atoms with Crippen LogP contribution < -0.4 is 9.64 Å². The van der Waals surface area contributed by atoms with Crippen molar-refractivity contribution in [3.05, 3.63) is 29.1 Å². The number of amides is 1. The van der Waals surface area contributed by atoms with Gasteiger partial charge in [-0.3, -0.25) is 9.89 Å². The molecule has 2 aliphatic rings. The lowest BCUT2D eigenvalue weighted by atomic mass is 10.0. The molecule has 1 amide bonds. The standard InChI is InChI=1S/C17H21N5O2/c1-11(23)21-7-5-14-13(10-21)17(20-19-14)22-6-3-4-12-8-16(24-2)18-9-15(12)22/h8-9H,3-7,10H2,1-2H3,(H,19,20). The Morgan fingerprint density at radius 1 is 1.33 bits per heavy atom. The van der Waals surface area contributed by atoms with Gasteiger partial charge in [0.15, 0.2) is 5.82 Å². The van der Waals surface area contributed by atoms with Gasteiger partial charge in [-0.1, -0.05) is 0 Å². The van der Waals surface area contributed by atoms with Crippen molar-refractivity contribution >= 4 is 17.4 Å². The van der Waals surface area contributed by atoms with E-state index in [1.54, 1.807) is 14.0 Å². The number of aromatic amines is 1. The van der Waals surface area contributed by atoms with E-state index in [0.29, 0.717) is 12.4 Å². The number of hydrogen-bond acceptors (Lipinski definition) is 5. The normalized spacial score (nSPS) is 16.6. The maximum atomic E-state index is 11.7. The number of anilines is 2. The lowest BCUT2D eigenvalue weighted by molar-refractivity contribution is -0.129. The molecule has 0 saturated carbocycles. The summed E-state index contributed by atoms with van der Waals surface area (Å²) < 4.78 is 5.24. The first-order valence-electron chi connectivity index (χ1n) is 8.29. The van der Waals surface area contributed by atoms with Gasteiger partial charge in [0.2, 0.25) is 11.8 Å². The van der Waals surface area contributed by atoms with Gasteiger partial charge >= 0.3 is 0 Å². The minimum Gasteiger partial charge on any atom is -0.481 e. The molecule has 0 aromatic carbocycles. The zero-order valence-electron chi connectivity index (χ0n) is 14.0. The second-order valence-electron chi connectivity index (χ2n) is 6.31.